The molecule has 0 bridgehead atoms. The molecule has 0 saturated heterocycles. The van der Waals surface area contributed by atoms with E-state index >= 15 is 0 Å². The monoisotopic (exact) mass is 377 g/mol. The first-order valence-corrected chi connectivity index (χ1v) is 8.85. The normalized spacial score (nSPS) is 10.9. The molecule has 0 spiro atoms. The molecule has 0 radical (unpaired) electrons. The molecule has 144 valence electrons. The Morgan fingerprint density at radius 2 is 1.79 bits per heavy atom. The Hall–Kier alpha value is -3.54. The van der Waals surface area contributed by atoms with Crippen molar-refractivity contribution in [3.63, 3.8) is 0 Å². The van der Waals surface area contributed by atoms with Crippen LogP contribution in [0.25, 0.3) is 5.69 Å². The van der Waals surface area contributed by atoms with Crippen LogP contribution < -0.4 is 14.9 Å². The van der Waals surface area contributed by atoms with E-state index in [0.29, 0.717) is 17.1 Å². The molecule has 0 saturated carbocycles. The summed E-state index contributed by atoms with van der Waals surface area (Å²) in [7, 11) is 3.07. The number of nitrogens with zero attached hydrogens (tertiary/aromatic N) is 2. The van der Waals surface area contributed by atoms with Gasteiger partial charge in [-0.25, -0.2) is 5.43 Å². The molecule has 0 unspecified atom stereocenters. The highest BCUT2D eigenvalue weighted by molar-refractivity contribution is 5.97. The summed E-state index contributed by atoms with van der Waals surface area (Å²) in [5.74, 6) is 0.687. The predicted molar refractivity (Wildman–Crippen MR) is 110 cm³/mol. The van der Waals surface area contributed by atoms with E-state index in [4.69, 9.17) is 9.47 Å². The van der Waals surface area contributed by atoms with Gasteiger partial charge in [0.2, 0.25) is 0 Å². The molecule has 0 fully saturated rings. The lowest BCUT2D eigenvalue weighted by atomic mass is 10.2. The van der Waals surface area contributed by atoms with E-state index in [-0.39, 0.29) is 5.91 Å². The number of ether oxygens (including phenoxy) is 2. The molecule has 1 heterocycles. The van der Waals surface area contributed by atoms with E-state index in [1.54, 1.807) is 31.5 Å². The van der Waals surface area contributed by atoms with Crippen LogP contribution in [0, 0.1) is 13.8 Å². The fourth-order valence-corrected chi connectivity index (χ4v) is 3.10. The molecule has 1 N–H and O–H groups in total. The number of amides is 1. The van der Waals surface area contributed by atoms with Crippen LogP contribution in [0.3, 0.4) is 0 Å². The number of methoxy groups -OCH3 is 2. The summed E-state index contributed by atoms with van der Waals surface area (Å²) in [6.45, 7) is 4.06. The third-order valence-electron chi connectivity index (χ3n) is 4.51. The summed E-state index contributed by atoms with van der Waals surface area (Å²) in [4.78, 5) is 12.4. The first kappa shape index (κ1) is 19.2. The maximum absolute atomic E-state index is 12.4. The number of carbonyl (C=O) groups excluding carboxylic acids is 1. The lowest BCUT2D eigenvalue weighted by molar-refractivity contribution is 0.0952. The summed E-state index contributed by atoms with van der Waals surface area (Å²) in [5, 5.41) is 4.12. The first-order chi connectivity index (χ1) is 13.5. The molecule has 28 heavy (non-hydrogen) atoms. The highest BCUT2D eigenvalue weighted by atomic mass is 16.5. The fourth-order valence-electron chi connectivity index (χ4n) is 3.10. The van der Waals surface area contributed by atoms with Crippen molar-refractivity contribution in [2.75, 3.05) is 14.2 Å². The molecule has 3 aromatic rings. The van der Waals surface area contributed by atoms with Gasteiger partial charge in [-0.3, -0.25) is 4.79 Å². The van der Waals surface area contributed by atoms with Crippen LogP contribution in [0.5, 0.6) is 11.5 Å². The van der Waals surface area contributed by atoms with E-state index in [9.17, 15) is 4.79 Å². The van der Waals surface area contributed by atoms with E-state index < -0.39 is 0 Å². The van der Waals surface area contributed by atoms with E-state index in [0.717, 1.165) is 22.6 Å². The Labute approximate surface area is 164 Å². The number of carbonyl (C=O) groups is 1. The van der Waals surface area contributed by atoms with E-state index in [2.05, 4.69) is 27.2 Å². The number of benzene rings is 2. The maximum Gasteiger partial charge on any atom is 0.275 e. The molecule has 0 aliphatic carbocycles. The predicted octanol–water partition coefficient (Wildman–Crippen LogP) is 3.88. The third kappa shape index (κ3) is 3.91. The van der Waals surface area contributed by atoms with Crippen LogP contribution in [0.4, 0.5) is 0 Å². The molecule has 1 amide bonds. The average Bonchev–Trinajstić information content (AvgIpc) is 3.01. The van der Waals surface area contributed by atoms with Crippen LogP contribution >= 0.6 is 0 Å². The molecule has 0 aliphatic heterocycles. The number of hydrazone groups is 1. The highest BCUT2D eigenvalue weighted by Crippen LogP contribution is 2.24. The topological polar surface area (TPSA) is 64.8 Å². The van der Waals surface area contributed by atoms with Crippen molar-refractivity contribution in [1.29, 1.82) is 0 Å². The smallest absolute Gasteiger partial charge is 0.275 e. The van der Waals surface area contributed by atoms with Crippen LogP contribution in [0.1, 0.15) is 27.3 Å². The second-order valence-electron chi connectivity index (χ2n) is 6.26. The number of hydrogen-bond donors (Lipinski definition) is 1. The number of hydrogen-bond acceptors (Lipinski definition) is 4. The quantitative estimate of drug-likeness (QED) is 0.524. The molecule has 0 atom stereocenters. The van der Waals surface area contributed by atoms with Gasteiger partial charge in [0.05, 0.1) is 26.0 Å². The van der Waals surface area contributed by atoms with Crippen LogP contribution in [0.2, 0.25) is 0 Å². The molecular weight excluding hydrogens is 354 g/mol. The minimum Gasteiger partial charge on any atom is -0.497 e. The number of rotatable bonds is 6. The van der Waals surface area contributed by atoms with E-state index in [1.165, 1.54) is 7.11 Å². The van der Waals surface area contributed by atoms with Gasteiger partial charge in [0.25, 0.3) is 5.91 Å². The SMILES string of the molecule is COc1ccc(C(=O)N/N=C\c2cc(C)n(-c3ccccc3)c2C)c(OC)c1. The number of aryl methyl sites for hydroxylation is 1. The Morgan fingerprint density at radius 1 is 1.04 bits per heavy atom. The van der Waals surface area contributed by atoms with Gasteiger partial charge in [0, 0.05) is 28.7 Å². The van der Waals surface area contributed by atoms with E-state index in [1.807, 2.05) is 38.1 Å². The third-order valence-corrected chi connectivity index (χ3v) is 4.51. The maximum atomic E-state index is 12.4. The minimum atomic E-state index is -0.354. The Morgan fingerprint density at radius 3 is 2.46 bits per heavy atom. The Balaban J connectivity index is 1.78. The summed E-state index contributed by atoms with van der Waals surface area (Å²) in [6.07, 6.45) is 1.65. The van der Waals surface area contributed by atoms with Gasteiger partial charge in [-0.1, -0.05) is 18.2 Å². The number of para-hydroxylation sites is 1. The van der Waals surface area contributed by atoms with Crippen molar-refractivity contribution in [1.82, 2.24) is 9.99 Å². The van der Waals surface area contributed by atoms with Gasteiger partial charge in [-0.05, 0) is 44.2 Å². The van der Waals surface area contributed by atoms with Crippen molar-refractivity contribution < 1.29 is 14.3 Å². The lowest BCUT2D eigenvalue weighted by Crippen LogP contribution is -2.18. The summed E-state index contributed by atoms with van der Waals surface area (Å²) >= 11 is 0. The van der Waals surface area contributed by atoms with Gasteiger partial charge >= 0.3 is 0 Å². The molecular formula is C22H23N3O3. The van der Waals surface area contributed by atoms with Crippen molar-refractivity contribution in [2.24, 2.45) is 5.10 Å². The fraction of sp³-hybridized carbons (Fsp3) is 0.182. The lowest BCUT2D eigenvalue weighted by Gasteiger charge is -2.09. The number of aromatic nitrogens is 1. The standard InChI is InChI=1S/C22H23N3O3/c1-15-12-17(16(2)25(15)18-8-6-5-7-9-18)14-23-24-22(26)20-11-10-19(27-3)13-21(20)28-4/h5-14H,1-4H3,(H,24,26)/b23-14-. The van der Waals surface area contributed by atoms with Crippen LogP contribution in [0.15, 0.2) is 59.7 Å². The molecule has 0 aliphatic rings. The zero-order valence-electron chi connectivity index (χ0n) is 16.4. The Kier molecular flexibility index (Phi) is 5.79. The summed E-state index contributed by atoms with van der Waals surface area (Å²) in [6, 6.07) is 17.1. The molecule has 6 heteroatoms. The van der Waals surface area contributed by atoms with Crippen LogP contribution in [-0.4, -0.2) is 30.9 Å². The molecule has 2 aromatic carbocycles. The van der Waals surface area contributed by atoms with Gasteiger partial charge in [-0.15, -0.1) is 0 Å². The van der Waals surface area contributed by atoms with Crippen LogP contribution in [-0.2, 0) is 0 Å². The van der Waals surface area contributed by atoms with Gasteiger partial charge < -0.3 is 14.0 Å². The van der Waals surface area contributed by atoms with Crippen molar-refractivity contribution in [2.45, 2.75) is 13.8 Å². The summed E-state index contributed by atoms with van der Waals surface area (Å²) < 4.78 is 12.6. The minimum absolute atomic E-state index is 0.354. The number of nitrogens with one attached hydrogen (secondary N) is 1. The zero-order chi connectivity index (χ0) is 20.1. The average molecular weight is 377 g/mol. The largest absolute Gasteiger partial charge is 0.497 e. The van der Waals surface area contributed by atoms with Gasteiger partial charge in [0.15, 0.2) is 0 Å². The van der Waals surface area contributed by atoms with Gasteiger partial charge in [0.1, 0.15) is 11.5 Å². The molecule has 6 nitrogen and oxygen atoms in total. The second-order valence-corrected chi connectivity index (χ2v) is 6.26. The molecule has 3 rings (SSSR count). The van der Waals surface area contributed by atoms with Crippen molar-refractivity contribution in [3.8, 4) is 17.2 Å². The zero-order valence-corrected chi connectivity index (χ0v) is 16.4. The summed E-state index contributed by atoms with van der Waals surface area (Å²) in [5.41, 5.74) is 7.10. The van der Waals surface area contributed by atoms with Gasteiger partial charge in [-0.2, -0.15) is 5.10 Å². The van der Waals surface area contributed by atoms with Crippen molar-refractivity contribution in [3.05, 3.63) is 77.1 Å². The first-order valence-electron chi connectivity index (χ1n) is 8.85. The molecule has 1 aromatic heterocycles. The Bertz CT molecular complexity index is 1010. The van der Waals surface area contributed by atoms with Crippen molar-refractivity contribution >= 4 is 12.1 Å². The second kappa shape index (κ2) is 8.43. The highest BCUT2D eigenvalue weighted by Gasteiger charge is 2.13.